The van der Waals surface area contributed by atoms with Crippen LogP contribution in [0.1, 0.15) is 27.6 Å². The number of amides is 1. The molecule has 0 unspecified atom stereocenters. The van der Waals surface area contributed by atoms with Crippen LogP contribution in [0.5, 0.6) is 0 Å². The third-order valence-electron chi connectivity index (χ3n) is 2.66. The lowest BCUT2D eigenvalue weighted by Crippen LogP contribution is -2.13. The van der Waals surface area contributed by atoms with Crippen molar-refractivity contribution in [1.82, 2.24) is 4.98 Å². The maximum atomic E-state index is 12.1. The number of carbonyl (C=O) groups excluding carboxylic acids is 2. The van der Waals surface area contributed by atoms with E-state index in [1.807, 2.05) is 0 Å². The fourth-order valence-corrected chi connectivity index (χ4v) is 2.09. The van der Waals surface area contributed by atoms with Gasteiger partial charge in [0, 0.05) is 11.9 Å². The Morgan fingerprint density at radius 1 is 1.24 bits per heavy atom. The molecule has 0 saturated heterocycles. The first kappa shape index (κ1) is 15.2. The monoisotopic (exact) mass is 348 g/mol. The van der Waals surface area contributed by atoms with E-state index < -0.39 is 0 Å². The van der Waals surface area contributed by atoms with Crippen LogP contribution in [0.25, 0.3) is 0 Å². The number of hydrogen-bond acceptors (Lipinski definition) is 4. The van der Waals surface area contributed by atoms with Gasteiger partial charge in [-0.2, -0.15) is 0 Å². The first-order valence-corrected chi connectivity index (χ1v) is 7.10. The number of esters is 1. The van der Waals surface area contributed by atoms with Crippen molar-refractivity contribution in [3.63, 3.8) is 0 Å². The van der Waals surface area contributed by atoms with Crippen molar-refractivity contribution in [3.05, 3.63) is 58.3 Å². The molecule has 1 heterocycles. The van der Waals surface area contributed by atoms with Crippen LogP contribution in [0.2, 0.25) is 0 Å². The smallest absolute Gasteiger partial charge is 0.338 e. The highest BCUT2D eigenvalue weighted by atomic mass is 79.9. The molecule has 21 heavy (non-hydrogen) atoms. The number of pyridine rings is 1. The summed E-state index contributed by atoms with van der Waals surface area (Å²) in [6.07, 6.45) is 1.59. The number of nitrogens with one attached hydrogen (secondary N) is 1. The molecule has 0 fully saturated rings. The molecule has 2 rings (SSSR count). The average molecular weight is 349 g/mol. The van der Waals surface area contributed by atoms with E-state index in [0.29, 0.717) is 28.0 Å². The lowest BCUT2D eigenvalue weighted by molar-refractivity contribution is 0.0526. The maximum absolute atomic E-state index is 12.1. The summed E-state index contributed by atoms with van der Waals surface area (Å²) < 4.78 is 5.37. The number of carbonyl (C=O) groups is 2. The van der Waals surface area contributed by atoms with Gasteiger partial charge < -0.3 is 10.1 Å². The summed E-state index contributed by atoms with van der Waals surface area (Å²) in [7, 11) is 0. The highest BCUT2D eigenvalue weighted by Gasteiger charge is 2.11. The number of aromatic nitrogens is 1. The second-order valence-electron chi connectivity index (χ2n) is 4.09. The molecule has 2 aromatic rings. The topological polar surface area (TPSA) is 68.3 Å². The standard InChI is InChI=1S/C15H13BrN2O3/c1-2-21-15(20)10-5-7-11(8-6-10)18-14(19)12-4-3-9-17-13(12)16/h3-9H,2H2,1H3,(H,18,19). The summed E-state index contributed by atoms with van der Waals surface area (Å²) in [5.41, 5.74) is 1.47. The minimum absolute atomic E-state index is 0.279. The van der Waals surface area contributed by atoms with Crippen molar-refractivity contribution in [3.8, 4) is 0 Å². The number of benzene rings is 1. The Hall–Kier alpha value is -2.21. The average Bonchev–Trinajstić information content (AvgIpc) is 2.48. The van der Waals surface area contributed by atoms with Crippen molar-refractivity contribution in [1.29, 1.82) is 0 Å². The van der Waals surface area contributed by atoms with Gasteiger partial charge in [-0.05, 0) is 59.3 Å². The van der Waals surface area contributed by atoms with Gasteiger partial charge in [0.15, 0.2) is 0 Å². The largest absolute Gasteiger partial charge is 0.462 e. The Bertz CT molecular complexity index is 656. The molecule has 1 aromatic heterocycles. The van der Waals surface area contributed by atoms with E-state index in [2.05, 4.69) is 26.2 Å². The van der Waals surface area contributed by atoms with Crippen molar-refractivity contribution in [2.75, 3.05) is 11.9 Å². The molecule has 1 aromatic carbocycles. The first-order valence-electron chi connectivity index (χ1n) is 6.31. The Morgan fingerprint density at radius 3 is 2.57 bits per heavy atom. The van der Waals surface area contributed by atoms with Crippen molar-refractivity contribution in [2.45, 2.75) is 6.92 Å². The highest BCUT2D eigenvalue weighted by Crippen LogP contribution is 2.16. The van der Waals surface area contributed by atoms with Crippen LogP contribution < -0.4 is 5.32 Å². The molecular weight excluding hydrogens is 336 g/mol. The van der Waals surface area contributed by atoms with E-state index in [-0.39, 0.29) is 11.9 Å². The molecule has 1 amide bonds. The summed E-state index contributed by atoms with van der Waals surface area (Å²) in [6, 6.07) is 9.85. The molecule has 0 atom stereocenters. The molecule has 0 bridgehead atoms. The van der Waals surface area contributed by atoms with E-state index in [0.717, 1.165) is 0 Å². The summed E-state index contributed by atoms with van der Waals surface area (Å²) in [5.74, 6) is -0.663. The van der Waals surface area contributed by atoms with Gasteiger partial charge in [-0.3, -0.25) is 4.79 Å². The second kappa shape index (κ2) is 6.99. The van der Waals surface area contributed by atoms with Crippen molar-refractivity contribution < 1.29 is 14.3 Å². The van der Waals surface area contributed by atoms with Gasteiger partial charge >= 0.3 is 5.97 Å². The summed E-state index contributed by atoms with van der Waals surface area (Å²) in [6.45, 7) is 2.07. The third kappa shape index (κ3) is 3.88. The first-order chi connectivity index (χ1) is 10.1. The summed E-state index contributed by atoms with van der Waals surface area (Å²) >= 11 is 3.23. The van der Waals surface area contributed by atoms with Gasteiger partial charge in [-0.1, -0.05) is 0 Å². The number of nitrogens with zero attached hydrogens (tertiary/aromatic N) is 1. The molecule has 108 valence electrons. The number of rotatable bonds is 4. The Morgan fingerprint density at radius 2 is 1.95 bits per heavy atom. The fraction of sp³-hybridized carbons (Fsp3) is 0.133. The van der Waals surface area contributed by atoms with Crippen LogP contribution in [0.3, 0.4) is 0 Å². The number of hydrogen-bond donors (Lipinski definition) is 1. The van der Waals surface area contributed by atoms with Gasteiger partial charge in [-0.15, -0.1) is 0 Å². The molecule has 0 aliphatic carbocycles. The molecule has 0 aliphatic heterocycles. The van der Waals surface area contributed by atoms with E-state index in [1.54, 1.807) is 49.5 Å². The molecule has 5 nitrogen and oxygen atoms in total. The van der Waals surface area contributed by atoms with E-state index in [4.69, 9.17) is 4.74 Å². The predicted octanol–water partition coefficient (Wildman–Crippen LogP) is 3.27. The quantitative estimate of drug-likeness (QED) is 0.680. The van der Waals surface area contributed by atoms with Crippen LogP contribution in [0.4, 0.5) is 5.69 Å². The molecule has 0 spiro atoms. The SMILES string of the molecule is CCOC(=O)c1ccc(NC(=O)c2cccnc2Br)cc1. The van der Waals surface area contributed by atoms with Gasteiger partial charge in [0.05, 0.1) is 17.7 Å². The van der Waals surface area contributed by atoms with Crippen molar-refractivity contribution in [2.24, 2.45) is 0 Å². The Balaban J connectivity index is 2.09. The molecule has 0 saturated carbocycles. The zero-order chi connectivity index (χ0) is 15.2. The molecule has 0 aliphatic rings. The van der Waals surface area contributed by atoms with Gasteiger partial charge in [0.25, 0.3) is 5.91 Å². The van der Waals surface area contributed by atoms with Crippen LogP contribution in [-0.4, -0.2) is 23.5 Å². The summed E-state index contributed by atoms with van der Waals surface area (Å²) in [5, 5.41) is 2.74. The number of ether oxygens (including phenoxy) is 1. The molecule has 6 heteroatoms. The number of halogens is 1. The Labute approximate surface area is 130 Å². The van der Waals surface area contributed by atoms with E-state index in [1.165, 1.54) is 0 Å². The van der Waals surface area contributed by atoms with Crippen LogP contribution >= 0.6 is 15.9 Å². The minimum Gasteiger partial charge on any atom is -0.462 e. The van der Waals surface area contributed by atoms with E-state index >= 15 is 0 Å². The second-order valence-corrected chi connectivity index (χ2v) is 4.84. The third-order valence-corrected chi connectivity index (χ3v) is 3.29. The van der Waals surface area contributed by atoms with Gasteiger partial charge in [-0.25, -0.2) is 9.78 Å². The maximum Gasteiger partial charge on any atom is 0.338 e. The van der Waals surface area contributed by atoms with Gasteiger partial charge in [0.2, 0.25) is 0 Å². The Kier molecular flexibility index (Phi) is 5.05. The normalized spacial score (nSPS) is 10.0. The lowest BCUT2D eigenvalue weighted by atomic mass is 10.2. The zero-order valence-electron chi connectivity index (χ0n) is 11.3. The van der Waals surface area contributed by atoms with Crippen LogP contribution in [-0.2, 0) is 4.74 Å². The zero-order valence-corrected chi connectivity index (χ0v) is 12.9. The highest BCUT2D eigenvalue weighted by molar-refractivity contribution is 9.10. The molecule has 0 radical (unpaired) electrons. The predicted molar refractivity (Wildman–Crippen MR) is 82.3 cm³/mol. The number of anilines is 1. The lowest BCUT2D eigenvalue weighted by Gasteiger charge is -2.07. The van der Waals surface area contributed by atoms with Gasteiger partial charge in [0.1, 0.15) is 4.60 Å². The molecular formula is C15H13BrN2O3. The van der Waals surface area contributed by atoms with Crippen LogP contribution in [0.15, 0.2) is 47.2 Å². The minimum atomic E-state index is -0.384. The molecule has 1 N–H and O–H groups in total. The summed E-state index contributed by atoms with van der Waals surface area (Å²) in [4.78, 5) is 27.6. The van der Waals surface area contributed by atoms with Crippen LogP contribution in [0, 0.1) is 0 Å². The van der Waals surface area contributed by atoms with Crippen molar-refractivity contribution >= 4 is 33.5 Å². The fourth-order valence-electron chi connectivity index (χ4n) is 1.66. The van der Waals surface area contributed by atoms with E-state index in [9.17, 15) is 9.59 Å².